The highest BCUT2D eigenvalue weighted by Gasteiger charge is 2.49. The van der Waals surface area contributed by atoms with E-state index in [-0.39, 0.29) is 59.0 Å². The molecule has 332 valence electrons. The number of aliphatic imine (C=N–C) groups is 2. The number of nitrogens with zero attached hydrogens (tertiary/aromatic N) is 8. The SMILES string of the molecule is CC(C)(C)OC(=O)CC1=N[C@](CF)(c2nc(N)ccc2F)C[S@@]2(=O)=NCCCCN12.CC(C)(C)OC(=O)CC1=N[C@](CF)(c2nc(N)ccc2F)C[S@]2(=O)=NCCCCN12. The summed E-state index contributed by atoms with van der Waals surface area (Å²) in [7, 11) is -6.34. The number of aromatic nitrogens is 2. The summed E-state index contributed by atoms with van der Waals surface area (Å²) in [5, 5.41) is 0. The van der Waals surface area contributed by atoms with Gasteiger partial charge in [-0.05, 0) is 91.5 Å². The number of pyridine rings is 2. The highest BCUT2D eigenvalue weighted by atomic mass is 32.2. The molecule has 2 aromatic rings. The highest BCUT2D eigenvalue weighted by molar-refractivity contribution is 7.92. The fraction of sp³-hybridized carbons (Fsp3) is 0.632. The van der Waals surface area contributed by atoms with Gasteiger partial charge < -0.3 is 20.9 Å². The molecule has 6 rings (SSSR count). The van der Waals surface area contributed by atoms with Crippen molar-refractivity contribution in [1.82, 2.24) is 18.6 Å². The Morgan fingerprint density at radius 1 is 0.683 bits per heavy atom. The minimum atomic E-state index is -3.17. The number of carbonyl (C=O) groups excluding carboxylic acids is 2. The zero-order valence-electron chi connectivity index (χ0n) is 34.7. The maximum Gasteiger partial charge on any atom is 0.313 e. The van der Waals surface area contributed by atoms with Crippen LogP contribution in [-0.2, 0) is 50.0 Å². The first-order valence-electron chi connectivity index (χ1n) is 19.5. The van der Waals surface area contributed by atoms with E-state index in [2.05, 4.69) is 28.7 Å². The Bertz CT molecular complexity index is 2130. The Labute approximate surface area is 348 Å². The molecule has 0 saturated heterocycles. The molecule has 6 heterocycles. The van der Waals surface area contributed by atoms with Gasteiger partial charge in [-0.25, -0.2) is 44.7 Å². The van der Waals surface area contributed by atoms with Crippen LogP contribution in [0.3, 0.4) is 0 Å². The summed E-state index contributed by atoms with van der Waals surface area (Å²) in [6.45, 7) is 9.31. The van der Waals surface area contributed by atoms with E-state index in [9.17, 15) is 35.6 Å². The van der Waals surface area contributed by atoms with Crippen LogP contribution >= 0.6 is 0 Å². The third-order valence-electron chi connectivity index (χ3n) is 9.43. The van der Waals surface area contributed by atoms with Gasteiger partial charge in [0.15, 0.2) is 0 Å². The molecule has 0 bridgehead atoms. The molecule has 22 heteroatoms. The van der Waals surface area contributed by atoms with Crippen LogP contribution in [0.15, 0.2) is 43.0 Å². The lowest BCUT2D eigenvalue weighted by atomic mass is 9.98. The molecule has 4 aliphatic heterocycles. The van der Waals surface area contributed by atoms with Gasteiger partial charge in [0.2, 0.25) is 0 Å². The molecule has 0 spiro atoms. The molecule has 60 heavy (non-hydrogen) atoms. The number of carbonyl (C=O) groups is 2. The quantitative estimate of drug-likeness (QED) is 0.261. The van der Waals surface area contributed by atoms with E-state index in [1.165, 1.54) is 20.7 Å². The van der Waals surface area contributed by atoms with Crippen LogP contribution in [0.2, 0.25) is 0 Å². The van der Waals surface area contributed by atoms with Gasteiger partial charge in [0.05, 0.1) is 24.6 Å². The second kappa shape index (κ2) is 17.8. The van der Waals surface area contributed by atoms with E-state index in [4.69, 9.17) is 20.9 Å². The van der Waals surface area contributed by atoms with Crippen molar-refractivity contribution in [2.24, 2.45) is 18.7 Å². The number of amidine groups is 2. The first kappa shape index (κ1) is 46.5. The molecule has 0 aromatic carbocycles. The maximum atomic E-state index is 14.6. The molecule has 4 N–H and O–H groups in total. The van der Waals surface area contributed by atoms with Crippen LogP contribution in [0, 0.1) is 11.6 Å². The Morgan fingerprint density at radius 2 is 1.05 bits per heavy atom. The van der Waals surface area contributed by atoms with Gasteiger partial charge in [-0.2, -0.15) is 0 Å². The summed E-state index contributed by atoms with van der Waals surface area (Å²) >= 11 is 0. The molecule has 0 aliphatic carbocycles. The van der Waals surface area contributed by atoms with Gasteiger partial charge in [-0.1, -0.05) is 0 Å². The Kier molecular flexibility index (Phi) is 13.8. The predicted molar refractivity (Wildman–Crippen MR) is 221 cm³/mol. The molecule has 0 fully saturated rings. The first-order valence-corrected chi connectivity index (χ1v) is 22.8. The Hall–Kier alpha value is -4.60. The first-order chi connectivity index (χ1) is 28.0. The van der Waals surface area contributed by atoms with Crippen molar-refractivity contribution in [2.75, 3.05) is 62.5 Å². The smallest absolute Gasteiger partial charge is 0.313 e. The summed E-state index contributed by atoms with van der Waals surface area (Å²) in [5.41, 5.74) is 5.45. The number of esters is 2. The normalized spacial score (nSPS) is 26.8. The standard InChI is InChI=1S/2C19H27F2N5O3S/c2*1-18(2,3)29-16(27)10-15-25-19(11-20,17-13(21)6-7-14(22)24-17)12-30(28)23-8-4-5-9-26(15)30/h2*6-7H,4-5,8-12H2,1-3H3,(H2,22,24)/t19-,30+;19-,30-/m00/s1. The lowest BCUT2D eigenvalue weighted by Gasteiger charge is -2.39. The molecular formula is C38H54F4N10O6S2. The fourth-order valence-corrected chi connectivity index (χ4v) is 12.1. The second-order valence-corrected chi connectivity index (χ2v) is 21.3. The number of fused-ring (bicyclic) bond motifs is 2. The molecule has 16 nitrogen and oxygen atoms in total. The topological polar surface area (TPSA) is 220 Å². The van der Waals surface area contributed by atoms with Crippen LogP contribution in [0.1, 0.15) is 91.5 Å². The number of anilines is 2. The maximum absolute atomic E-state index is 14.6. The van der Waals surface area contributed by atoms with Gasteiger partial charge in [0, 0.05) is 13.1 Å². The van der Waals surface area contributed by atoms with E-state index in [0.717, 1.165) is 12.1 Å². The predicted octanol–water partition coefficient (Wildman–Crippen LogP) is 5.18. The van der Waals surface area contributed by atoms with E-state index in [1.54, 1.807) is 41.5 Å². The lowest BCUT2D eigenvalue weighted by molar-refractivity contribution is -0.154. The molecule has 0 amide bonds. The molecule has 4 aliphatic rings. The minimum absolute atomic E-state index is 0.0155. The minimum Gasteiger partial charge on any atom is -0.460 e. The number of rotatable bonds is 8. The van der Waals surface area contributed by atoms with Crippen LogP contribution in [0.25, 0.3) is 0 Å². The van der Waals surface area contributed by atoms with E-state index < -0.39 is 79.0 Å². The number of alkyl halides is 2. The van der Waals surface area contributed by atoms with Crippen LogP contribution in [0.5, 0.6) is 0 Å². The molecular weight excluding hydrogens is 833 g/mol. The highest BCUT2D eigenvalue weighted by Crippen LogP contribution is 2.39. The van der Waals surface area contributed by atoms with Gasteiger partial charge in [0.1, 0.15) is 115 Å². The van der Waals surface area contributed by atoms with Crippen molar-refractivity contribution in [2.45, 2.75) is 102 Å². The number of halogens is 4. The van der Waals surface area contributed by atoms with Crippen LogP contribution < -0.4 is 11.5 Å². The molecule has 0 radical (unpaired) electrons. The number of hydrogen-bond donors (Lipinski definition) is 2. The van der Waals surface area contributed by atoms with Gasteiger partial charge in [0.25, 0.3) is 0 Å². The number of nitrogen functional groups attached to an aromatic ring is 2. The average Bonchev–Trinajstić information content (AvgIpc) is 3.46. The van der Waals surface area contributed by atoms with Crippen molar-refractivity contribution in [3.63, 3.8) is 0 Å². The summed E-state index contributed by atoms with van der Waals surface area (Å²) in [6.07, 6.45) is 2.08. The number of ether oxygens (including phenoxy) is 2. The van der Waals surface area contributed by atoms with Gasteiger partial charge in [-0.15, -0.1) is 0 Å². The summed E-state index contributed by atoms with van der Waals surface area (Å²) in [4.78, 5) is 41.7. The van der Waals surface area contributed by atoms with E-state index in [0.29, 0.717) is 51.9 Å². The second-order valence-electron chi connectivity index (χ2n) is 16.9. The third-order valence-corrected chi connectivity index (χ3v) is 14.5. The van der Waals surface area contributed by atoms with Gasteiger partial charge in [-0.3, -0.25) is 28.2 Å². The third kappa shape index (κ3) is 10.6. The summed E-state index contributed by atoms with van der Waals surface area (Å²) < 4.78 is 108. The largest absolute Gasteiger partial charge is 0.460 e. The summed E-state index contributed by atoms with van der Waals surface area (Å²) in [6, 6.07) is 4.64. The van der Waals surface area contributed by atoms with Crippen molar-refractivity contribution in [3.8, 4) is 0 Å². The van der Waals surface area contributed by atoms with Crippen molar-refractivity contribution < 1.29 is 45.0 Å². The zero-order chi connectivity index (χ0) is 44.3. The Balaban J connectivity index is 0.000000228. The van der Waals surface area contributed by atoms with Crippen LogP contribution in [-0.4, -0.2) is 113 Å². The monoisotopic (exact) mass is 886 g/mol. The molecule has 0 saturated carbocycles. The lowest BCUT2D eigenvalue weighted by Crippen LogP contribution is -2.52. The van der Waals surface area contributed by atoms with Gasteiger partial charge >= 0.3 is 11.9 Å². The van der Waals surface area contributed by atoms with Crippen LogP contribution in [0.4, 0.5) is 29.2 Å². The number of nitrogens with two attached hydrogens (primary N) is 2. The molecule has 0 unspecified atom stereocenters. The van der Waals surface area contributed by atoms with E-state index >= 15 is 0 Å². The molecule has 4 atom stereocenters. The fourth-order valence-electron chi connectivity index (χ4n) is 7.04. The van der Waals surface area contributed by atoms with Crippen molar-refractivity contribution >= 4 is 55.1 Å². The van der Waals surface area contributed by atoms with Crippen molar-refractivity contribution in [1.29, 1.82) is 0 Å². The number of hydrogen-bond acceptors (Lipinski definition) is 14. The molecule has 2 aromatic heterocycles. The van der Waals surface area contributed by atoms with Crippen molar-refractivity contribution in [3.05, 3.63) is 47.3 Å². The zero-order valence-corrected chi connectivity index (χ0v) is 36.4. The average molecular weight is 887 g/mol. The van der Waals surface area contributed by atoms with E-state index in [1.807, 2.05) is 0 Å². The summed E-state index contributed by atoms with van der Waals surface area (Å²) in [5.74, 6) is -3.49. The Morgan fingerprint density at radius 3 is 1.38 bits per heavy atom.